The monoisotopic (exact) mass is 473 g/mol. The Balaban J connectivity index is 1.62. The number of rotatable bonds is 1. The van der Waals surface area contributed by atoms with Crippen molar-refractivity contribution in [2.45, 2.75) is 22.8 Å². The molecule has 0 amide bonds. The van der Waals surface area contributed by atoms with Crippen LogP contribution in [-0.4, -0.2) is 0 Å². The Kier molecular flexibility index (Phi) is 4.76. The lowest BCUT2D eigenvalue weighted by atomic mass is 10.1. The predicted molar refractivity (Wildman–Crippen MR) is 132 cm³/mol. The lowest BCUT2D eigenvalue weighted by Gasteiger charge is -2.30. The molecule has 0 aromatic heterocycles. The highest BCUT2D eigenvalue weighted by Gasteiger charge is 2.23. The Morgan fingerprint density at radius 1 is 0.844 bits per heavy atom. The molecule has 0 radical (unpaired) electrons. The zero-order chi connectivity index (χ0) is 21.8. The summed E-state index contributed by atoms with van der Waals surface area (Å²) in [6.07, 6.45) is 0. The van der Waals surface area contributed by atoms with E-state index in [2.05, 4.69) is 42.2 Å². The molecule has 32 heavy (non-hydrogen) atoms. The summed E-state index contributed by atoms with van der Waals surface area (Å²) in [6, 6.07) is 26.5. The van der Waals surface area contributed by atoms with E-state index in [-0.39, 0.29) is 6.04 Å². The molecule has 2 aliphatic rings. The van der Waals surface area contributed by atoms with Gasteiger partial charge < -0.3 is 4.90 Å². The topological polar surface area (TPSA) is 28.0 Å². The molecule has 6 rings (SSSR count). The first-order valence-corrected chi connectivity index (χ1v) is 11.9. The normalized spacial score (nSPS) is 16.0. The van der Waals surface area contributed by atoms with Crippen LogP contribution in [0.2, 0.25) is 10.0 Å². The Bertz CT molecular complexity index is 1500. The van der Waals surface area contributed by atoms with Crippen molar-refractivity contribution in [1.82, 2.24) is 0 Å². The van der Waals surface area contributed by atoms with E-state index in [1.807, 2.05) is 48.5 Å². The fourth-order valence-corrected chi connectivity index (χ4v) is 5.55. The third-order valence-electron chi connectivity index (χ3n) is 5.72. The Morgan fingerprint density at radius 3 is 2.50 bits per heavy atom. The number of fused-ring (bicyclic) bond motifs is 5. The van der Waals surface area contributed by atoms with Crippen LogP contribution in [0.3, 0.4) is 0 Å². The second-order valence-corrected chi connectivity index (χ2v) is 9.77. The van der Waals surface area contributed by atoms with Crippen LogP contribution < -0.4 is 15.6 Å². The second kappa shape index (κ2) is 7.66. The molecule has 4 aromatic carbocycles. The zero-order valence-corrected chi connectivity index (χ0v) is 19.4. The summed E-state index contributed by atoms with van der Waals surface area (Å²) in [5.74, 6) is 0. The van der Waals surface area contributed by atoms with Crippen LogP contribution >= 0.6 is 35.0 Å². The van der Waals surface area contributed by atoms with E-state index in [1.165, 1.54) is 0 Å². The Labute approximate surface area is 200 Å². The molecular formula is C26H17Cl2N3S. The molecule has 1 unspecified atom stereocenters. The van der Waals surface area contributed by atoms with Crippen LogP contribution in [-0.2, 0) is 0 Å². The average Bonchev–Trinajstić information content (AvgIpc) is 2.79. The number of benzene rings is 4. The standard InChI is InChI=1S/C26H17Cl2N3S/c1-15-19-12-18(10-11-20(19)28)32-26-14-22-25(13-23(26)29-15)31(17-8-6-16(27)7-9-17)24-5-3-2-4-21(24)30-22/h2-15H,1H3. The van der Waals surface area contributed by atoms with Gasteiger partial charge in [0.2, 0.25) is 0 Å². The number of anilines is 3. The van der Waals surface area contributed by atoms with E-state index < -0.39 is 0 Å². The maximum Gasteiger partial charge on any atom is 0.0891 e. The number of nitrogens with zero attached hydrogens (tertiary/aromatic N) is 3. The van der Waals surface area contributed by atoms with Gasteiger partial charge in [-0.2, -0.15) is 0 Å². The van der Waals surface area contributed by atoms with Gasteiger partial charge in [-0.25, -0.2) is 4.99 Å². The molecule has 2 heterocycles. The summed E-state index contributed by atoms with van der Waals surface area (Å²) in [5.41, 5.74) is 5.03. The highest BCUT2D eigenvalue weighted by atomic mass is 35.5. The van der Waals surface area contributed by atoms with Crippen LogP contribution in [0, 0.1) is 0 Å². The van der Waals surface area contributed by atoms with Gasteiger partial charge in [-0.05, 0) is 79.2 Å². The molecular weight excluding hydrogens is 457 g/mol. The molecule has 0 aliphatic carbocycles. The summed E-state index contributed by atoms with van der Waals surface area (Å²) < 4.78 is 0. The molecule has 0 N–H and O–H groups in total. The summed E-state index contributed by atoms with van der Waals surface area (Å²) in [5, 5.41) is 3.32. The van der Waals surface area contributed by atoms with Crippen molar-refractivity contribution in [1.29, 1.82) is 0 Å². The van der Waals surface area contributed by atoms with Gasteiger partial charge in [-0.1, -0.05) is 47.1 Å². The lowest BCUT2D eigenvalue weighted by Crippen LogP contribution is -2.26. The highest BCUT2D eigenvalue weighted by Crippen LogP contribution is 2.42. The summed E-state index contributed by atoms with van der Waals surface area (Å²) in [4.78, 5) is 14.5. The first kappa shape index (κ1) is 19.9. The van der Waals surface area contributed by atoms with Crippen LogP contribution in [0.25, 0.3) is 0 Å². The average molecular weight is 474 g/mol. The predicted octanol–water partition coefficient (Wildman–Crippen LogP) is 7.57. The smallest absolute Gasteiger partial charge is 0.0891 e. The van der Waals surface area contributed by atoms with E-state index >= 15 is 0 Å². The fraction of sp³-hybridized carbons (Fsp3) is 0.0769. The van der Waals surface area contributed by atoms with Crippen LogP contribution in [0.4, 0.5) is 22.7 Å². The Morgan fingerprint density at radius 2 is 1.66 bits per heavy atom. The number of hydrogen-bond acceptors (Lipinski definition) is 4. The lowest BCUT2D eigenvalue weighted by molar-refractivity contribution is 0.776. The maximum absolute atomic E-state index is 6.46. The van der Waals surface area contributed by atoms with Crippen LogP contribution in [0.1, 0.15) is 18.5 Å². The van der Waals surface area contributed by atoms with Crippen molar-refractivity contribution in [3.63, 3.8) is 0 Å². The molecule has 0 fully saturated rings. The zero-order valence-electron chi connectivity index (χ0n) is 17.1. The molecule has 0 spiro atoms. The van der Waals surface area contributed by atoms with E-state index in [9.17, 15) is 0 Å². The summed E-state index contributed by atoms with van der Waals surface area (Å²) >= 11 is 14.3. The minimum atomic E-state index is -0.0445. The first-order valence-electron chi connectivity index (χ1n) is 10.3. The van der Waals surface area contributed by atoms with Gasteiger partial charge in [0.05, 0.1) is 33.8 Å². The van der Waals surface area contributed by atoms with Crippen LogP contribution in [0.15, 0.2) is 98.6 Å². The van der Waals surface area contributed by atoms with Crippen molar-refractivity contribution in [3.8, 4) is 0 Å². The molecule has 3 nitrogen and oxygen atoms in total. The van der Waals surface area contributed by atoms with Crippen LogP contribution in [0.5, 0.6) is 0 Å². The Hall–Kier alpha value is -2.79. The first-order chi connectivity index (χ1) is 15.6. The minimum absolute atomic E-state index is 0.0445. The van der Waals surface area contributed by atoms with Crippen molar-refractivity contribution < 1.29 is 0 Å². The number of hydrogen-bond donors (Lipinski definition) is 0. The molecule has 2 bridgehead atoms. The molecule has 0 saturated heterocycles. The van der Waals surface area contributed by atoms with Crippen molar-refractivity contribution in [3.05, 3.63) is 105 Å². The van der Waals surface area contributed by atoms with Gasteiger partial charge in [-0.15, -0.1) is 0 Å². The largest absolute Gasteiger partial charge is 0.306 e. The molecule has 156 valence electrons. The van der Waals surface area contributed by atoms with Crippen molar-refractivity contribution in [2.75, 3.05) is 4.90 Å². The molecule has 4 aromatic rings. The number of halogens is 2. The summed E-state index contributed by atoms with van der Waals surface area (Å²) in [7, 11) is 0. The fourth-order valence-electron chi connectivity index (χ4n) is 4.18. The van der Waals surface area contributed by atoms with Gasteiger partial charge >= 0.3 is 0 Å². The summed E-state index contributed by atoms with van der Waals surface area (Å²) in [6.45, 7) is 2.08. The van der Waals surface area contributed by atoms with Gasteiger partial charge in [0.1, 0.15) is 0 Å². The minimum Gasteiger partial charge on any atom is -0.306 e. The van der Waals surface area contributed by atoms with Gasteiger partial charge in [0.15, 0.2) is 0 Å². The third kappa shape index (κ3) is 3.30. The van der Waals surface area contributed by atoms with Crippen molar-refractivity contribution in [2.24, 2.45) is 9.98 Å². The SMILES string of the molecule is CC1N=c2cc3c(cc2Sc2ccc(Cl)c1c2)=Nc1ccccc1N3c1ccc(Cl)cc1. The third-order valence-corrected chi connectivity index (χ3v) is 7.36. The molecule has 2 aliphatic heterocycles. The van der Waals surface area contributed by atoms with Gasteiger partial charge in [-0.3, -0.25) is 4.99 Å². The number of para-hydroxylation sites is 2. The van der Waals surface area contributed by atoms with E-state index in [1.54, 1.807) is 11.8 Å². The highest BCUT2D eigenvalue weighted by molar-refractivity contribution is 7.99. The molecule has 6 heteroatoms. The maximum atomic E-state index is 6.46. The molecule has 0 saturated carbocycles. The van der Waals surface area contributed by atoms with E-state index in [0.717, 1.165) is 53.8 Å². The van der Waals surface area contributed by atoms with E-state index in [4.69, 9.17) is 33.2 Å². The van der Waals surface area contributed by atoms with Gasteiger partial charge in [0.25, 0.3) is 0 Å². The second-order valence-electron chi connectivity index (χ2n) is 7.81. The molecule has 1 atom stereocenters. The van der Waals surface area contributed by atoms with Crippen molar-refractivity contribution >= 4 is 57.7 Å². The van der Waals surface area contributed by atoms with E-state index in [0.29, 0.717) is 5.02 Å². The quantitative estimate of drug-likeness (QED) is 0.251. The van der Waals surface area contributed by atoms with Gasteiger partial charge in [0, 0.05) is 25.5 Å².